The Morgan fingerprint density at radius 3 is 2.52 bits per heavy atom. The van der Waals surface area contributed by atoms with Crippen molar-refractivity contribution in [3.05, 3.63) is 23.8 Å². The smallest absolute Gasteiger partial charge is 0.191 e. The van der Waals surface area contributed by atoms with Crippen molar-refractivity contribution < 1.29 is 9.47 Å². The van der Waals surface area contributed by atoms with E-state index in [0.29, 0.717) is 19.2 Å². The average Bonchev–Trinajstić information content (AvgIpc) is 2.69. The molecule has 1 rings (SSSR count). The highest BCUT2D eigenvalue weighted by Crippen LogP contribution is 2.27. The van der Waals surface area contributed by atoms with Crippen LogP contribution >= 0.6 is 0 Å². The van der Waals surface area contributed by atoms with Crippen molar-refractivity contribution in [3.63, 3.8) is 0 Å². The van der Waals surface area contributed by atoms with Crippen molar-refractivity contribution >= 4 is 5.96 Å². The molecule has 154 valence electrons. The molecule has 0 radical (unpaired) electrons. The summed E-state index contributed by atoms with van der Waals surface area (Å²) < 4.78 is 11.0. The van der Waals surface area contributed by atoms with Crippen molar-refractivity contribution in [2.75, 3.05) is 40.4 Å². The number of benzene rings is 1. The number of methoxy groups -OCH3 is 1. The van der Waals surface area contributed by atoms with Crippen LogP contribution in [0.15, 0.2) is 23.2 Å². The molecule has 1 aromatic carbocycles. The molecular formula is C21H38N4O2. The molecule has 0 fully saturated rings. The van der Waals surface area contributed by atoms with Crippen molar-refractivity contribution in [3.8, 4) is 11.5 Å². The van der Waals surface area contributed by atoms with Gasteiger partial charge in [0.2, 0.25) is 0 Å². The predicted octanol–water partition coefficient (Wildman–Crippen LogP) is 3.27. The van der Waals surface area contributed by atoms with Crippen molar-refractivity contribution in [2.24, 2.45) is 4.99 Å². The first kappa shape index (κ1) is 23.1. The minimum Gasteiger partial charge on any atom is -0.493 e. The molecule has 0 amide bonds. The van der Waals surface area contributed by atoms with E-state index in [4.69, 9.17) is 9.47 Å². The van der Waals surface area contributed by atoms with Gasteiger partial charge in [0.25, 0.3) is 0 Å². The zero-order valence-corrected chi connectivity index (χ0v) is 18.0. The Morgan fingerprint density at radius 2 is 1.93 bits per heavy atom. The van der Waals surface area contributed by atoms with Gasteiger partial charge < -0.3 is 25.0 Å². The lowest BCUT2D eigenvalue weighted by atomic mass is 10.1. The lowest BCUT2D eigenvalue weighted by molar-refractivity contribution is 0.292. The van der Waals surface area contributed by atoms with Gasteiger partial charge in [-0.05, 0) is 64.0 Å². The minimum atomic E-state index is 0.376. The molecule has 0 bridgehead atoms. The van der Waals surface area contributed by atoms with E-state index in [9.17, 15) is 0 Å². The zero-order valence-electron chi connectivity index (χ0n) is 18.0. The molecular weight excluding hydrogens is 340 g/mol. The molecule has 6 nitrogen and oxygen atoms in total. The van der Waals surface area contributed by atoms with Gasteiger partial charge in [-0.1, -0.05) is 19.9 Å². The molecule has 6 heteroatoms. The second-order valence-corrected chi connectivity index (χ2v) is 6.56. The molecule has 1 unspecified atom stereocenters. The van der Waals surface area contributed by atoms with Crippen LogP contribution < -0.4 is 20.1 Å². The van der Waals surface area contributed by atoms with E-state index in [1.165, 1.54) is 6.42 Å². The van der Waals surface area contributed by atoms with Crippen molar-refractivity contribution in [2.45, 2.75) is 53.1 Å². The number of nitrogens with one attached hydrogen (secondary N) is 2. The SMILES string of the molecule is CCOc1cc(CNC(=NC)NC(C)CCCN(CC)CC)ccc1OC. The zero-order chi connectivity index (χ0) is 20.1. The van der Waals surface area contributed by atoms with E-state index in [-0.39, 0.29) is 0 Å². The first-order valence-corrected chi connectivity index (χ1v) is 10.1. The van der Waals surface area contributed by atoms with Gasteiger partial charge in [0, 0.05) is 19.6 Å². The molecule has 0 aliphatic heterocycles. The molecule has 0 spiro atoms. The summed E-state index contributed by atoms with van der Waals surface area (Å²) in [6, 6.07) is 6.36. The van der Waals surface area contributed by atoms with Crippen LogP contribution in [-0.2, 0) is 6.54 Å². The molecule has 0 aromatic heterocycles. The fourth-order valence-corrected chi connectivity index (χ4v) is 2.95. The first-order chi connectivity index (χ1) is 13.1. The Morgan fingerprint density at radius 1 is 1.19 bits per heavy atom. The van der Waals surface area contributed by atoms with Gasteiger partial charge in [-0.2, -0.15) is 0 Å². The van der Waals surface area contributed by atoms with Gasteiger partial charge >= 0.3 is 0 Å². The molecule has 2 N–H and O–H groups in total. The van der Waals surface area contributed by atoms with Crippen LogP contribution in [0.1, 0.15) is 46.1 Å². The van der Waals surface area contributed by atoms with E-state index >= 15 is 0 Å². The lowest BCUT2D eigenvalue weighted by Crippen LogP contribution is -2.42. The molecule has 27 heavy (non-hydrogen) atoms. The Labute approximate surface area is 165 Å². The van der Waals surface area contributed by atoms with Gasteiger partial charge in [-0.15, -0.1) is 0 Å². The number of guanidine groups is 1. The highest BCUT2D eigenvalue weighted by molar-refractivity contribution is 5.79. The summed E-state index contributed by atoms with van der Waals surface area (Å²) in [7, 11) is 3.46. The number of rotatable bonds is 12. The highest BCUT2D eigenvalue weighted by Gasteiger charge is 2.08. The Balaban J connectivity index is 2.48. The summed E-state index contributed by atoms with van der Waals surface area (Å²) in [5, 5.41) is 6.85. The largest absolute Gasteiger partial charge is 0.493 e. The van der Waals surface area contributed by atoms with Crippen LogP contribution in [0.2, 0.25) is 0 Å². The van der Waals surface area contributed by atoms with Gasteiger partial charge in [0.05, 0.1) is 13.7 Å². The van der Waals surface area contributed by atoms with Crippen LogP contribution in [0, 0.1) is 0 Å². The van der Waals surface area contributed by atoms with E-state index < -0.39 is 0 Å². The molecule has 1 atom stereocenters. The number of hydrogen-bond donors (Lipinski definition) is 2. The average molecular weight is 379 g/mol. The van der Waals surface area contributed by atoms with E-state index in [1.54, 1.807) is 14.2 Å². The van der Waals surface area contributed by atoms with E-state index in [0.717, 1.165) is 49.1 Å². The maximum absolute atomic E-state index is 5.65. The normalized spacial score (nSPS) is 12.8. The van der Waals surface area contributed by atoms with Gasteiger partial charge in [0.1, 0.15) is 0 Å². The third-order valence-electron chi connectivity index (χ3n) is 4.60. The van der Waals surface area contributed by atoms with E-state index in [2.05, 4.69) is 41.3 Å². The molecule has 1 aromatic rings. The van der Waals surface area contributed by atoms with Crippen LogP contribution in [-0.4, -0.2) is 57.3 Å². The predicted molar refractivity (Wildman–Crippen MR) is 114 cm³/mol. The van der Waals surface area contributed by atoms with Crippen LogP contribution in [0.25, 0.3) is 0 Å². The topological polar surface area (TPSA) is 58.1 Å². The highest BCUT2D eigenvalue weighted by atomic mass is 16.5. The van der Waals surface area contributed by atoms with Gasteiger partial charge in [-0.3, -0.25) is 4.99 Å². The van der Waals surface area contributed by atoms with Gasteiger partial charge in [0.15, 0.2) is 17.5 Å². The second kappa shape index (κ2) is 13.3. The maximum atomic E-state index is 5.65. The Bertz CT molecular complexity index is 559. The Kier molecular flexibility index (Phi) is 11.3. The summed E-state index contributed by atoms with van der Waals surface area (Å²) in [6.07, 6.45) is 2.30. The van der Waals surface area contributed by atoms with Gasteiger partial charge in [-0.25, -0.2) is 0 Å². The standard InChI is InChI=1S/C21H38N4O2/c1-7-25(8-2)14-10-11-17(4)24-21(22-5)23-16-18-12-13-19(26-6)20(15-18)27-9-3/h12-13,15,17H,7-11,14,16H2,1-6H3,(H2,22,23,24). The number of hydrogen-bond acceptors (Lipinski definition) is 4. The first-order valence-electron chi connectivity index (χ1n) is 10.1. The quantitative estimate of drug-likeness (QED) is 0.432. The summed E-state index contributed by atoms with van der Waals surface area (Å²) in [6.45, 7) is 13.3. The maximum Gasteiger partial charge on any atom is 0.191 e. The van der Waals surface area contributed by atoms with Crippen LogP contribution in [0.5, 0.6) is 11.5 Å². The third-order valence-corrected chi connectivity index (χ3v) is 4.60. The summed E-state index contributed by atoms with van der Waals surface area (Å²) in [5.74, 6) is 2.34. The number of aliphatic imine (C=N–C) groups is 1. The summed E-state index contributed by atoms with van der Waals surface area (Å²) >= 11 is 0. The van der Waals surface area contributed by atoms with Crippen LogP contribution in [0.4, 0.5) is 0 Å². The molecule has 0 saturated heterocycles. The van der Waals surface area contributed by atoms with E-state index in [1.807, 2.05) is 25.1 Å². The number of nitrogens with zero attached hydrogens (tertiary/aromatic N) is 2. The molecule has 0 aliphatic carbocycles. The van der Waals surface area contributed by atoms with Crippen molar-refractivity contribution in [1.82, 2.24) is 15.5 Å². The summed E-state index contributed by atoms with van der Waals surface area (Å²) in [5.41, 5.74) is 1.12. The monoisotopic (exact) mass is 378 g/mol. The molecule has 0 aliphatic rings. The molecule has 0 heterocycles. The minimum absolute atomic E-state index is 0.376. The fraction of sp³-hybridized carbons (Fsp3) is 0.667. The third kappa shape index (κ3) is 8.52. The van der Waals surface area contributed by atoms with Crippen molar-refractivity contribution in [1.29, 1.82) is 0 Å². The Hall–Kier alpha value is -1.95. The number of ether oxygens (including phenoxy) is 2. The summed E-state index contributed by atoms with van der Waals surface area (Å²) in [4.78, 5) is 6.80. The van der Waals surface area contributed by atoms with Crippen LogP contribution in [0.3, 0.4) is 0 Å². The molecule has 0 saturated carbocycles. The lowest BCUT2D eigenvalue weighted by Gasteiger charge is -2.21. The second-order valence-electron chi connectivity index (χ2n) is 6.56. The fourth-order valence-electron chi connectivity index (χ4n) is 2.95.